The number of carbonyl (C=O) groups excluding carboxylic acids is 2. The van der Waals surface area contributed by atoms with E-state index in [-0.39, 0.29) is 29.5 Å². The van der Waals surface area contributed by atoms with Crippen molar-refractivity contribution in [2.45, 2.75) is 25.4 Å². The largest absolute Gasteiger partial charge is 0.352 e. The van der Waals surface area contributed by atoms with Gasteiger partial charge in [-0.3, -0.25) is 14.4 Å². The van der Waals surface area contributed by atoms with Gasteiger partial charge in [-0.2, -0.15) is 0 Å². The van der Waals surface area contributed by atoms with Crippen LogP contribution < -0.4 is 16.2 Å². The van der Waals surface area contributed by atoms with Crippen LogP contribution in [0, 0.1) is 13.8 Å². The van der Waals surface area contributed by atoms with Crippen LogP contribution in [-0.4, -0.2) is 34.1 Å². The lowest BCUT2D eigenvalue weighted by atomic mass is 10.1. The number of hydrogen-bond donors (Lipinski definition) is 3. The molecule has 0 aliphatic heterocycles. The minimum atomic E-state index is -0.367. The van der Waals surface area contributed by atoms with E-state index in [2.05, 4.69) is 27.2 Å². The molecule has 1 aromatic heterocycles. The molecule has 0 saturated carbocycles. The molecular weight excluding hydrogens is 364 g/mol. The third kappa shape index (κ3) is 6.74. The average Bonchev–Trinajstić information content (AvgIpc) is 2.60. The Balaban J connectivity index is 1.96. The van der Waals surface area contributed by atoms with Crippen LogP contribution in [0.2, 0.25) is 0 Å². The van der Waals surface area contributed by atoms with Gasteiger partial charge in [-0.25, -0.2) is 4.98 Å². The van der Waals surface area contributed by atoms with Crippen LogP contribution in [0.5, 0.6) is 0 Å². The maximum absolute atomic E-state index is 12.2. The summed E-state index contributed by atoms with van der Waals surface area (Å²) in [6, 6.07) is 7.04. The van der Waals surface area contributed by atoms with E-state index in [1.165, 1.54) is 6.07 Å². The summed E-state index contributed by atoms with van der Waals surface area (Å²) >= 11 is 1.10. The van der Waals surface area contributed by atoms with Gasteiger partial charge in [0.15, 0.2) is 5.16 Å². The minimum absolute atomic E-state index is 0.0138. The minimum Gasteiger partial charge on any atom is -0.352 e. The lowest BCUT2D eigenvalue weighted by Gasteiger charge is -2.09. The fraction of sp³-hybridized carbons (Fsp3) is 0.263. The molecule has 1 heterocycles. The average molecular weight is 386 g/mol. The summed E-state index contributed by atoms with van der Waals surface area (Å²) < 4.78 is 0. The van der Waals surface area contributed by atoms with Crippen LogP contribution in [-0.2, 0) is 16.0 Å². The molecule has 8 heteroatoms. The van der Waals surface area contributed by atoms with Gasteiger partial charge in [0.25, 0.3) is 5.56 Å². The first-order chi connectivity index (χ1) is 12.9. The summed E-state index contributed by atoms with van der Waals surface area (Å²) in [5.74, 6) is -0.372. The van der Waals surface area contributed by atoms with Gasteiger partial charge in [-0.05, 0) is 25.5 Å². The van der Waals surface area contributed by atoms with Gasteiger partial charge in [0, 0.05) is 18.3 Å². The number of anilines is 1. The van der Waals surface area contributed by atoms with E-state index in [9.17, 15) is 14.4 Å². The van der Waals surface area contributed by atoms with E-state index in [4.69, 9.17) is 0 Å². The number of aromatic amines is 1. The van der Waals surface area contributed by atoms with Crippen molar-refractivity contribution in [3.8, 4) is 0 Å². The Hall–Kier alpha value is -2.87. The summed E-state index contributed by atoms with van der Waals surface area (Å²) in [5, 5.41) is 5.76. The van der Waals surface area contributed by atoms with Crippen LogP contribution in [0.1, 0.15) is 16.8 Å². The molecule has 7 nitrogen and oxygen atoms in total. The highest BCUT2D eigenvalue weighted by Crippen LogP contribution is 2.17. The van der Waals surface area contributed by atoms with Crippen LogP contribution in [0.3, 0.4) is 0 Å². The van der Waals surface area contributed by atoms with Crippen molar-refractivity contribution in [1.29, 1.82) is 0 Å². The zero-order valence-electron chi connectivity index (χ0n) is 15.3. The third-order valence-corrected chi connectivity index (χ3v) is 4.43. The lowest BCUT2D eigenvalue weighted by Crippen LogP contribution is -2.26. The van der Waals surface area contributed by atoms with E-state index in [0.717, 1.165) is 28.6 Å². The second kappa shape index (κ2) is 9.72. The number of nitrogens with one attached hydrogen (secondary N) is 3. The van der Waals surface area contributed by atoms with Gasteiger partial charge < -0.3 is 15.6 Å². The number of benzene rings is 1. The Bertz CT molecular complexity index is 908. The monoisotopic (exact) mass is 386 g/mol. The highest BCUT2D eigenvalue weighted by Gasteiger charge is 2.10. The van der Waals surface area contributed by atoms with Crippen molar-refractivity contribution in [3.05, 3.63) is 64.1 Å². The summed E-state index contributed by atoms with van der Waals surface area (Å²) in [6.07, 6.45) is 1.55. The number of hydrogen-bond acceptors (Lipinski definition) is 5. The van der Waals surface area contributed by atoms with E-state index in [1.54, 1.807) is 6.08 Å². The molecular formula is C19H22N4O3S. The fourth-order valence-electron chi connectivity index (χ4n) is 2.33. The number of carbonyl (C=O) groups is 2. The van der Waals surface area contributed by atoms with Gasteiger partial charge in [-0.15, -0.1) is 6.58 Å². The maximum atomic E-state index is 12.2. The molecule has 2 rings (SSSR count). The summed E-state index contributed by atoms with van der Waals surface area (Å²) in [5.41, 5.74) is 2.83. The summed E-state index contributed by atoms with van der Waals surface area (Å²) in [7, 11) is 0. The Morgan fingerprint density at radius 1 is 1.26 bits per heavy atom. The highest BCUT2D eigenvalue weighted by atomic mass is 32.2. The van der Waals surface area contributed by atoms with E-state index in [1.807, 2.05) is 32.0 Å². The predicted molar refractivity (Wildman–Crippen MR) is 107 cm³/mol. The number of amides is 2. The second-order valence-electron chi connectivity index (χ2n) is 5.97. The third-order valence-electron chi connectivity index (χ3n) is 3.55. The molecule has 0 aliphatic rings. The summed E-state index contributed by atoms with van der Waals surface area (Å²) in [6.45, 7) is 7.78. The van der Waals surface area contributed by atoms with Crippen molar-refractivity contribution < 1.29 is 9.59 Å². The number of rotatable bonds is 8. The topological polar surface area (TPSA) is 104 Å². The Kier molecular flexibility index (Phi) is 7.36. The molecule has 142 valence electrons. The first kappa shape index (κ1) is 20.4. The van der Waals surface area contributed by atoms with Gasteiger partial charge in [0.1, 0.15) is 0 Å². The lowest BCUT2D eigenvalue weighted by molar-refractivity contribution is -0.120. The molecule has 0 atom stereocenters. The van der Waals surface area contributed by atoms with Crippen molar-refractivity contribution in [3.63, 3.8) is 0 Å². The van der Waals surface area contributed by atoms with Gasteiger partial charge >= 0.3 is 0 Å². The molecule has 0 spiro atoms. The number of thioether (sulfide) groups is 1. The molecule has 0 radical (unpaired) electrons. The molecule has 3 N–H and O–H groups in total. The maximum Gasteiger partial charge on any atom is 0.251 e. The molecule has 2 amide bonds. The fourth-order valence-corrected chi connectivity index (χ4v) is 3.02. The normalized spacial score (nSPS) is 10.3. The van der Waals surface area contributed by atoms with Gasteiger partial charge in [0.05, 0.1) is 17.9 Å². The van der Waals surface area contributed by atoms with Crippen molar-refractivity contribution in [2.24, 2.45) is 0 Å². The van der Waals surface area contributed by atoms with E-state index in [0.29, 0.717) is 17.4 Å². The molecule has 1 aromatic carbocycles. The standard InChI is InChI=1S/C19H22N4O3S/c1-4-7-20-16(24)9-14-10-17(25)23-19(21-14)27-11-18(26)22-15-6-5-12(2)8-13(15)3/h4-6,8,10H,1,7,9,11H2,2-3H3,(H,20,24)(H,22,26)(H,21,23,25). The number of aryl methyl sites for hydroxylation is 2. The van der Waals surface area contributed by atoms with Crippen molar-refractivity contribution in [1.82, 2.24) is 15.3 Å². The van der Waals surface area contributed by atoms with Gasteiger partial charge in [0.2, 0.25) is 11.8 Å². The summed E-state index contributed by atoms with van der Waals surface area (Å²) in [4.78, 5) is 42.5. The smallest absolute Gasteiger partial charge is 0.251 e. The predicted octanol–water partition coefficient (Wildman–Crippen LogP) is 1.96. The van der Waals surface area contributed by atoms with Crippen LogP contribution in [0.25, 0.3) is 0 Å². The molecule has 0 fully saturated rings. The Morgan fingerprint density at radius 2 is 2.04 bits per heavy atom. The number of H-pyrrole nitrogens is 1. The van der Waals surface area contributed by atoms with Crippen LogP contribution in [0.4, 0.5) is 5.69 Å². The molecule has 27 heavy (non-hydrogen) atoms. The SMILES string of the molecule is C=CCNC(=O)Cc1cc(=O)[nH]c(SCC(=O)Nc2ccc(C)cc2C)n1. The number of nitrogens with zero attached hydrogens (tertiary/aromatic N) is 1. The highest BCUT2D eigenvalue weighted by molar-refractivity contribution is 7.99. The Morgan fingerprint density at radius 3 is 2.74 bits per heavy atom. The van der Waals surface area contributed by atoms with Gasteiger partial charge in [-0.1, -0.05) is 35.5 Å². The molecule has 2 aromatic rings. The quantitative estimate of drug-likeness (QED) is 0.366. The zero-order chi connectivity index (χ0) is 19.8. The second-order valence-corrected chi connectivity index (χ2v) is 6.93. The van der Waals surface area contributed by atoms with Crippen molar-refractivity contribution >= 4 is 29.3 Å². The van der Waals surface area contributed by atoms with Crippen LogP contribution in [0.15, 0.2) is 46.9 Å². The van der Waals surface area contributed by atoms with Crippen LogP contribution >= 0.6 is 11.8 Å². The Labute approximate surface area is 161 Å². The molecule has 0 saturated heterocycles. The van der Waals surface area contributed by atoms with E-state index < -0.39 is 0 Å². The molecule has 0 bridgehead atoms. The first-order valence-corrected chi connectivity index (χ1v) is 9.33. The number of aromatic nitrogens is 2. The first-order valence-electron chi connectivity index (χ1n) is 8.35. The molecule has 0 unspecified atom stereocenters. The van der Waals surface area contributed by atoms with Crippen molar-refractivity contribution in [2.75, 3.05) is 17.6 Å². The van der Waals surface area contributed by atoms with E-state index >= 15 is 0 Å². The molecule has 0 aliphatic carbocycles. The zero-order valence-corrected chi connectivity index (χ0v) is 16.1.